The third kappa shape index (κ3) is 1.10. The summed E-state index contributed by atoms with van der Waals surface area (Å²) in [4.78, 5) is 0. The molecule has 1 nitrogen and oxygen atoms in total. The van der Waals surface area contributed by atoms with E-state index in [0.717, 1.165) is 0 Å². The van der Waals surface area contributed by atoms with Crippen LogP contribution in [-0.4, -0.2) is 6.54 Å². The first kappa shape index (κ1) is 7.68. The highest BCUT2D eigenvalue weighted by Crippen LogP contribution is 2.26. The highest BCUT2D eigenvalue weighted by molar-refractivity contribution is 5.32. The van der Waals surface area contributed by atoms with Crippen molar-refractivity contribution in [3.05, 3.63) is 35.1 Å². The number of rotatable bonds is 0. The number of halogens is 2. The molecule has 1 heterocycles. The molecule has 1 unspecified atom stereocenters. The van der Waals surface area contributed by atoms with Gasteiger partial charge in [-0.2, -0.15) is 0 Å². The van der Waals surface area contributed by atoms with Crippen molar-refractivity contribution >= 4 is 0 Å². The summed E-state index contributed by atoms with van der Waals surface area (Å²) in [6.45, 7) is 0.721. The van der Waals surface area contributed by atoms with Crippen molar-refractivity contribution in [1.29, 1.82) is 0 Å². The Morgan fingerprint density at radius 2 is 2.25 bits per heavy atom. The van der Waals surface area contributed by atoms with Gasteiger partial charge in [0.1, 0.15) is 12.0 Å². The first-order valence-electron chi connectivity index (χ1n) is 3.91. The molecule has 1 aliphatic heterocycles. The van der Waals surface area contributed by atoms with E-state index in [1.807, 2.05) is 0 Å². The van der Waals surface area contributed by atoms with Crippen LogP contribution in [0.1, 0.15) is 17.3 Å². The second-order valence-electron chi connectivity index (χ2n) is 2.91. The molecular formula is C9H9F2N. The van der Waals surface area contributed by atoms with E-state index in [-0.39, 0.29) is 12.4 Å². The maximum atomic E-state index is 13.1. The van der Waals surface area contributed by atoms with E-state index < -0.39 is 6.17 Å². The van der Waals surface area contributed by atoms with E-state index in [1.165, 1.54) is 6.07 Å². The number of hydrogen-bond acceptors (Lipinski definition) is 1. The van der Waals surface area contributed by atoms with Gasteiger partial charge >= 0.3 is 0 Å². The Balaban J connectivity index is 2.52. The molecule has 1 aliphatic rings. The van der Waals surface area contributed by atoms with Crippen LogP contribution in [0.5, 0.6) is 0 Å². The summed E-state index contributed by atoms with van der Waals surface area (Å²) in [5.41, 5.74) is 0.963. The largest absolute Gasteiger partial charge is 0.309 e. The minimum Gasteiger partial charge on any atom is -0.309 e. The van der Waals surface area contributed by atoms with E-state index >= 15 is 0 Å². The van der Waals surface area contributed by atoms with Crippen LogP contribution in [0.4, 0.5) is 8.78 Å². The molecule has 2 rings (SSSR count). The second-order valence-corrected chi connectivity index (χ2v) is 2.91. The molecule has 0 amide bonds. The molecule has 0 bridgehead atoms. The van der Waals surface area contributed by atoms with Crippen molar-refractivity contribution in [2.24, 2.45) is 0 Å². The SMILES string of the molecule is Fc1cccc2c1CNCC2F. The summed E-state index contributed by atoms with van der Waals surface area (Å²) in [5.74, 6) is -0.317. The van der Waals surface area contributed by atoms with E-state index in [0.29, 0.717) is 17.7 Å². The van der Waals surface area contributed by atoms with Crippen molar-refractivity contribution in [1.82, 2.24) is 5.32 Å². The van der Waals surface area contributed by atoms with Crippen LogP contribution in [0, 0.1) is 5.82 Å². The van der Waals surface area contributed by atoms with Crippen LogP contribution in [0.15, 0.2) is 18.2 Å². The van der Waals surface area contributed by atoms with Gasteiger partial charge in [0, 0.05) is 18.7 Å². The Hall–Kier alpha value is -0.960. The van der Waals surface area contributed by atoms with E-state index in [4.69, 9.17) is 0 Å². The van der Waals surface area contributed by atoms with E-state index in [1.54, 1.807) is 12.1 Å². The summed E-state index contributed by atoms with van der Waals surface area (Å²) in [6, 6.07) is 4.55. The molecule has 1 aromatic rings. The highest BCUT2D eigenvalue weighted by atomic mass is 19.1. The Labute approximate surface area is 69.4 Å². The van der Waals surface area contributed by atoms with Crippen LogP contribution >= 0.6 is 0 Å². The molecule has 1 N–H and O–H groups in total. The average molecular weight is 169 g/mol. The zero-order valence-corrected chi connectivity index (χ0v) is 6.48. The Bertz CT molecular complexity index is 299. The Morgan fingerprint density at radius 3 is 3.00 bits per heavy atom. The van der Waals surface area contributed by atoms with Crippen molar-refractivity contribution in [2.75, 3.05) is 6.54 Å². The van der Waals surface area contributed by atoms with Gasteiger partial charge in [0.15, 0.2) is 0 Å². The first-order chi connectivity index (χ1) is 5.79. The topological polar surface area (TPSA) is 12.0 Å². The van der Waals surface area contributed by atoms with Gasteiger partial charge in [0.05, 0.1) is 0 Å². The molecule has 0 spiro atoms. The standard InChI is InChI=1S/C9H9F2N/c10-8-3-1-2-6-7(8)4-12-5-9(6)11/h1-3,9,12H,4-5H2. The van der Waals surface area contributed by atoms with Gasteiger partial charge < -0.3 is 5.32 Å². The van der Waals surface area contributed by atoms with Crippen molar-refractivity contribution in [2.45, 2.75) is 12.7 Å². The maximum Gasteiger partial charge on any atom is 0.138 e. The minimum atomic E-state index is -1.07. The monoisotopic (exact) mass is 169 g/mol. The second kappa shape index (κ2) is 2.83. The summed E-state index contributed by atoms with van der Waals surface area (Å²) in [5, 5.41) is 2.82. The molecule has 0 aromatic heterocycles. The lowest BCUT2D eigenvalue weighted by Gasteiger charge is -2.20. The number of fused-ring (bicyclic) bond motifs is 1. The van der Waals surface area contributed by atoms with Gasteiger partial charge in [-0.05, 0) is 11.6 Å². The highest BCUT2D eigenvalue weighted by Gasteiger charge is 2.20. The average Bonchev–Trinajstić information content (AvgIpc) is 2.07. The number of nitrogens with one attached hydrogen (secondary N) is 1. The van der Waals surface area contributed by atoms with E-state index in [2.05, 4.69) is 5.32 Å². The predicted octanol–water partition coefficient (Wildman–Crippen LogP) is 1.94. The van der Waals surface area contributed by atoms with Gasteiger partial charge in [0.25, 0.3) is 0 Å². The molecule has 3 heteroatoms. The predicted molar refractivity (Wildman–Crippen MR) is 42.0 cm³/mol. The Kier molecular flexibility index (Phi) is 1.81. The zero-order chi connectivity index (χ0) is 8.55. The third-order valence-corrected chi connectivity index (χ3v) is 2.12. The molecule has 0 saturated heterocycles. The van der Waals surface area contributed by atoms with Crippen LogP contribution < -0.4 is 5.32 Å². The fourth-order valence-electron chi connectivity index (χ4n) is 1.49. The molecule has 1 aromatic carbocycles. The molecule has 1 atom stereocenters. The molecule has 64 valence electrons. The summed E-state index contributed by atoms with van der Waals surface area (Å²) in [7, 11) is 0. The maximum absolute atomic E-state index is 13.1. The first-order valence-corrected chi connectivity index (χ1v) is 3.91. The van der Waals surface area contributed by atoms with Crippen molar-refractivity contribution in [3.63, 3.8) is 0 Å². The van der Waals surface area contributed by atoms with Gasteiger partial charge in [-0.25, -0.2) is 8.78 Å². The van der Waals surface area contributed by atoms with Gasteiger partial charge in [-0.3, -0.25) is 0 Å². The van der Waals surface area contributed by atoms with Crippen LogP contribution in [0.25, 0.3) is 0 Å². The van der Waals surface area contributed by atoms with E-state index in [9.17, 15) is 8.78 Å². The lowest BCUT2D eigenvalue weighted by Crippen LogP contribution is -2.26. The number of alkyl halides is 1. The fraction of sp³-hybridized carbons (Fsp3) is 0.333. The van der Waals surface area contributed by atoms with Crippen LogP contribution in [0.2, 0.25) is 0 Å². The normalized spacial score (nSPS) is 22.0. The third-order valence-electron chi connectivity index (χ3n) is 2.12. The minimum absolute atomic E-state index is 0.288. The molecule has 12 heavy (non-hydrogen) atoms. The smallest absolute Gasteiger partial charge is 0.138 e. The number of benzene rings is 1. The molecule has 0 fully saturated rings. The molecule has 0 aliphatic carbocycles. The number of hydrogen-bond donors (Lipinski definition) is 1. The zero-order valence-electron chi connectivity index (χ0n) is 6.48. The molecule has 0 radical (unpaired) electrons. The summed E-state index contributed by atoms with van der Waals surface area (Å²) < 4.78 is 26.2. The lowest BCUT2D eigenvalue weighted by atomic mass is 9.99. The van der Waals surface area contributed by atoms with Crippen molar-refractivity contribution in [3.8, 4) is 0 Å². The quantitative estimate of drug-likeness (QED) is 0.625. The Morgan fingerprint density at radius 1 is 1.42 bits per heavy atom. The summed E-state index contributed by atoms with van der Waals surface area (Å²) in [6.07, 6.45) is -1.07. The van der Waals surface area contributed by atoms with Crippen LogP contribution in [0.3, 0.4) is 0 Å². The molecular weight excluding hydrogens is 160 g/mol. The van der Waals surface area contributed by atoms with Gasteiger partial charge in [0.2, 0.25) is 0 Å². The van der Waals surface area contributed by atoms with Gasteiger partial charge in [-0.15, -0.1) is 0 Å². The van der Waals surface area contributed by atoms with Gasteiger partial charge in [-0.1, -0.05) is 12.1 Å². The lowest BCUT2D eigenvalue weighted by molar-refractivity contribution is 0.307. The fourth-order valence-corrected chi connectivity index (χ4v) is 1.49. The molecule has 0 saturated carbocycles. The van der Waals surface area contributed by atoms with Crippen molar-refractivity contribution < 1.29 is 8.78 Å². The van der Waals surface area contributed by atoms with Crippen LogP contribution in [-0.2, 0) is 6.54 Å². The summed E-state index contributed by atoms with van der Waals surface area (Å²) >= 11 is 0.